The van der Waals surface area contributed by atoms with Gasteiger partial charge < -0.3 is 29.2 Å². The first-order valence-corrected chi connectivity index (χ1v) is 12.8. The molecule has 1 N–H and O–H groups in total. The molecule has 12 nitrogen and oxygen atoms in total. The van der Waals surface area contributed by atoms with Gasteiger partial charge in [0.2, 0.25) is 5.65 Å². The smallest absolute Gasteiger partial charge is 0.300 e. The number of nitrogens with zero attached hydrogens (tertiary/aromatic N) is 8. The summed E-state index contributed by atoms with van der Waals surface area (Å²) in [5.74, 6) is 0.738. The van der Waals surface area contributed by atoms with E-state index >= 15 is 0 Å². The molecule has 1 unspecified atom stereocenters. The molecule has 6 heterocycles. The Kier molecular flexibility index (Phi) is 6.42. The summed E-state index contributed by atoms with van der Waals surface area (Å²) in [6, 6.07) is 8.08. The molecule has 0 bridgehead atoms. The normalized spacial score (nSPS) is 18.8. The van der Waals surface area contributed by atoms with Gasteiger partial charge in [0.25, 0.3) is 11.9 Å². The van der Waals surface area contributed by atoms with Crippen LogP contribution in [0.2, 0.25) is 0 Å². The third-order valence-electron chi connectivity index (χ3n) is 7.13. The number of hydrogen-bond acceptors (Lipinski definition) is 10. The summed E-state index contributed by atoms with van der Waals surface area (Å²) in [5.41, 5.74) is 2.98. The van der Waals surface area contributed by atoms with Gasteiger partial charge in [-0.2, -0.15) is 10.1 Å². The highest BCUT2D eigenvalue weighted by Crippen LogP contribution is 2.29. The zero-order valence-corrected chi connectivity index (χ0v) is 21.8. The Morgan fingerprint density at radius 1 is 1.05 bits per heavy atom. The van der Waals surface area contributed by atoms with Crippen LogP contribution in [0.15, 0.2) is 41.1 Å². The highest BCUT2D eigenvalue weighted by atomic mass is 16.5. The summed E-state index contributed by atoms with van der Waals surface area (Å²) in [5, 5.41) is 7.18. The first kappa shape index (κ1) is 24.3. The van der Waals surface area contributed by atoms with Crippen LogP contribution in [0.5, 0.6) is 0 Å². The van der Waals surface area contributed by atoms with E-state index < -0.39 is 0 Å². The number of piperazine rings is 1. The summed E-state index contributed by atoms with van der Waals surface area (Å²) in [7, 11) is 3.96. The quantitative estimate of drug-likeness (QED) is 0.422. The zero-order chi connectivity index (χ0) is 26.2. The third-order valence-corrected chi connectivity index (χ3v) is 7.13. The minimum Gasteiger partial charge on any atom is -0.422 e. The SMILES string of the molecule is CC1CN(c2nc3nc(N4CCOCC4)oc3cc2C(=O)Nc2cccc(-c3cnn(C)c3)n2)CCN1C. The third kappa shape index (κ3) is 4.79. The van der Waals surface area contributed by atoms with Crippen molar-refractivity contribution in [2.45, 2.75) is 13.0 Å². The number of rotatable bonds is 5. The Morgan fingerprint density at radius 2 is 1.89 bits per heavy atom. The van der Waals surface area contributed by atoms with E-state index in [0.717, 1.165) is 30.9 Å². The van der Waals surface area contributed by atoms with Gasteiger partial charge in [-0.15, -0.1) is 0 Å². The van der Waals surface area contributed by atoms with Crippen molar-refractivity contribution in [1.29, 1.82) is 0 Å². The lowest BCUT2D eigenvalue weighted by Gasteiger charge is -2.38. The lowest BCUT2D eigenvalue weighted by atomic mass is 10.1. The van der Waals surface area contributed by atoms with Crippen molar-refractivity contribution >= 4 is 34.8 Å². The molecule has 2 aliphatic rings. The zero-order valence-electron chi connectivity index (χ0n) is 21.8. The van der Waals surface area contributed by atoms with Gasteiger partial charge in [0.1, 0.15) is 11.6 Å². The molecule has 0 spiro atoms. The maximum Gasteiger partial charge on any atom is 0.300 e. The van der Waals surface area contributed by atoms with Crippen molar-refractivity contribution in [1.82, 2.24) is 29.6 Å². The Morgan fingerprint density at radius 3 is 2.66 bits per heavy atom. The van der Waals surface area contributed by atoms with Crippen LogP contribution < -0.4 is 15.1 Å². The Balaban J connectivity index is 1.35. The van der Waals surface area contributed by atoms with Crippen LogP contribution in [0.1, 0.15) is 17.3 Å². The van der Waals surface area contributed by atoms with E-state index in [0.29, 0.717) is 66.8 Å². The predicted octanol–water partition coefficient (Wildman–Crippen LogP) is 2.25. The number of oxazole rings is 1. The first-order chi connectivity index (χ1) is 18.4. The average Bonchev–Trinajstić information content (AvgIpc) is 3.56. The van der Waals surface area contributed by atoms with E-state index in [4.69, 9.17) is 14.1 Å². The molecular weight excluding hydrogens is 486 g/mol. The van der Waals surface area contributed by atoms with Gasteiger partial charge in [0.05, 0.1) is 30.7 Å². The van der Waals surface area contributed by atoms with Gasteiger partial charge in [-0.1, -0.05) is 6.07 Å². The van der Waals surface area contributed by atoms with Crippen LogP contribution >= 0.6 is 0 Å². The molecule has 2 aliphatic heterocycles. The molecule has 0 aliphatic carbocycles. The van der Waals surface area contributed by atoms with Crippen molar-refractivity contribution in [2.24, 2.45) is 7.05 Å². The standard InChI is InChI=1S/C26H31N9O3/c1-17-15-35(8-7-32(17)2)24-19(13-21-23(30-24)31-26(38-21)34-9-11-37-12-10-34)25(36)29-22-6-4-5-20(28-22)18-14-27-33(3)16-18/h4-6,13-14,16-17H,7-12,15H2,1-3H3,(H,28,29,36). The Hall–Kier alpha value is -4.03. The maximum atomic E-state index is 13.7. The van der Waals surface area contributed by atoms with Gasteiger partial charge >= 0.3 is 0 Å². The fourth-order valence-electron chi connectivity index (χ4n) is 4.78. The number of anilines is 3. The number of amides is 1. The van der Waals surface area contributed by atoms with Crippen LogP contribution in [0, 0.1) is 0 Å². The molecule has 0 aromatic carbocycles. The lowest BCUT2D eigenvalue weighted by Crippen LogP contribution is -2.50. The van der Waals surface area contributed by atoms with Gasteiger partial charge in [-0.05, 0) is 26.1 Å². The van der Waals surface area contributed by atoms with Crippen LogP contribution in [0.4, 0.5) is 17.7 Å². The largest absolute Gasteiger partial charge is 0.422 e. The van der Waals surface area contributed by atoms with Gasteiger partial charge in [-0.3, -0.25) is 9.48 Å². The number of likely N-dealkylation sites (N-methyl/N-ethyl adjacent to an activating group) is 1. The number of carbonyl (C=O) groups excluding carboxylic acids is 1. The monoisotopic (exact) mass is 517 g/mol. The minimum absolute atomic E-state index is 0.304. The molecule has 0 radical (unpaired) electrons. The topological polar surface area (TPSA) is 118 Å². The van der Waals surface area contributed by atoms with Crippen molar-refractivity contribution in [3.8, 4) is 11.3 Å². The fourth-order valence-corrected chi connectivity index (χ4v) is 4.78. The van der Waals surface area contributed by atoms with Crippen molar-refractivity contribution in [2.75, 3.05) is 68.1 Å². The maximum absolute atomic E-state index is 13.7. The molecule has 1 amide bonds. The predicted molar refractivity (Wildman–Crippen MR) is 144 cm³/mol. The molecule has 4 aromatic rings. The van der Waals surface area contributed by atoms with Crippen LogP contribution in [-0.2, 0) is 11.8 Å². The molecule has 198 valence electrons. The number of aromatic nitrogens is 5. The van der Waals surface area contributed by atoms with Gasteiger partial charge in [-0.25, -0.2) is 9.97 Å². The van der Waals surface area contributed by atoms with Crippen LogP contribution in [0.3, 0.4) is 0 Å². The van der Waals surface area contributed by atoms with Crippen LogP contribution in [-0.4, -0.2) is 94.6 Å². The van der Waals surface area contributed by atoms with E-state index in [-0.39, 0.29) is 5.91 Å². The average molecular weight is 518 g/mol. The van der Waals surface area contributed by atoms with E-state index in [1.807, 2.05) is 30.3 Å². The van der Waals surface area contributed by atoms with Gasteiger partial charge in [0, 0.05) is 63.6 Å². The van der Waals surface area contributed by atoms with E-state index in [1.54, 1.807) is 23.0 Å². The van der Waals surface area contributed by atoms with Crippen molar-refractivity contribution in [3.63, 3.8) is 0 Å². The van der Waals surface area contributed by atoms with E-state index in [2.05, 4.69) is 44.2 Å². The molecule has 2 saturated heterocycles. The number of aryl methyl sites for hydroxylation is 1. The minimum atomic E-state index is -0.304. The number of carbonyl (C=O) groups is 1. The molecule has 38 heavy (non-hydrogen) atoms. The summed E-state index contributed by atoms with van der Waals surface area (Å²) in [4.78, 5) is 34.3. The number of ether oxygens (including phenoxy) is 1. The molecule has 2 fully saturated rings. The summed E-state index contributed by atoms with van der Waals surface area (Å²) < 4.78 is 13.2. The summed E-state index contributed by atoms with van der Waals surface area (Å²) in [6.07, 6.45) is 3.63. The first-order valence-electron chi connectivity index (χ1n) is 12.8. The highest BCUT2D eigenvalue weighted by Gasteiger charge is 2.28. The molecule has 6 rings (SSSR count). The number of hydrogen-bond donors (Lipinski definition) is 1. The molecule has 12 heteroatoms. The second-order valence-electron chi connectivity index (χ2n) is 9.82. The lowest BCUT2D eigenvalue weighted by molar-refractivity contribution is 0.102. The molecular formula is C26H31N9O3. The van der Waals surface area contributed by atoms with Crippen molar-refractivity contribution in [3.05, 3.63) is 42.2 Å². The van der Waals surface area contributed by atoms with Crippen LogP contribution in [0.25, 0.3) is 22.5 Å². The fraction of sp³-hybridized carbons (Fsp3) is 0.423. The number of morpholine rings is 1. The second kappa shape index (κ2) is 10.0. The van der Waals surface area contributed by atoms with Crippen molar-refractivity contribution < 1.29 is 13.9 Å². The molecule has 1 atom stereocenters. The Labute approximate surface area is 220 Å². The number of nitrogens with one attached hydrogen (secondary N) is 1. The summed E-state index contributed by atoms with van der Waals surface area (Å²) in [6.45, 7) is 7.18. The van der Waals surface area contributed by atoms with Gasteiger partial charge in [0.15, 0.2) is 5.58 Å². The summed E-state index contributed by atoms with van der Waals surface area (Å²) >= 11 is 0. The van der Waals surface area contributed by atoms with E-state index in [9.17, 15) is 4.79 Å². The molecule has 4 aromatic heterocycles. The second-order valence-corrected chi connectivity index (χ2v) is 9.82. The molecule has 0 saturated carbocycles. The number of pyridine rings is 2. The number of fused-ring (bicyclic) bond motifs is 1. The Bertz CT molecular complexity index is 1460. The highest BCUT2D eigenvalue weighted by molar-refractivity contribution is 6.08. The van der Waals surface area contributed by atoms with E-state index in [1.165, 1.54) is 0 Å².